The number of hydrogen-bond acceptors (Lipinski definition) is 5. The molecule has 0 saturated heterocycles. The van der Waals surface area contributed by atoms with E-state index in [4.69, 9.17) is 4.74 Å². The fourth-order valence-electron chi connectivity index (χ4n) is 3.27. The summed E-state index contributed by atoms with van der Waals surface area (Å²) in [5.74, 6) is -1.81. The number of esters is 1. The highest BCUT2D eigenvalue weighted by Crippen LogP contribution is 2.29. The summed E-state index contributed by atoms with van der Waals surface area (Å²) in [6.07, 6.45) is 6.15. The van der Waals surface area contributed by atoms with Crippen molar-refractivity contribution >= 4 is 28.1 Å². The summed E-state index contributed by atoms with van der Waals surface area (Å²) in [6.45, 7) is 9.81. The fraction of sp³-hybridized carbons (Fsp3) is 0.364. The molecule has 0 aromatic heterocycles. The molecule has 0 radical (unpaired) electrons. The Balaban J connectivity index is 3.21. The van der Waals surface area contributed by atoms with Gasteiger partial charge in [-0.05, 0) is 44.2 Å². The van der Waals surface area contributed by atoms with Crippen molar-refractivity contribution in [3.8, 4) is 0 Å². The molecule has 0 bridgehead atoms. The van der Waals surface area contributed by atoms with Crippen LogP contribution in [-0.4, -0.2) is 42.2 Å². The number of rotatable bonds is 12. The molecule has 0 spiro atoms. The van der Waals surface area contributed by atoms with E-state index in [9.17, 15) is 22.6 Å². The molecule has 2 atom stereocenters. The standard InChI is InChI=1S/C22H29NO6S/c1-5-19(24)23-22(3,4)21(30(26,27)28)18(13-10-16-29-20(25)6-2)15-14-17-11-8-7-9-12-17/h5-9,11-12,14-15,18,21H,1-2,10,13,16H2,3-4H3,(H,23,24)(H,26,27,28). The molecule has 0 aliphatic rings. The van der Waals surface area contributed by atoms with E-state index in [0.717, 1.165) is 17.7 Å². The maximum atomic E-state index is 12.3. The first-order valence-corrected chi connectivity index (χ1v) is 10.9. The van der Waals surface area contributed by atoms with Crippen molar-refractivity contribution in [2.45, 2.75) is 37.5 Å². The predicted octanol–water partition coefficient (Wildman–Crippen LogP) is 3.16. The van der Waals surface area contributed by atoms with E-state index in [0.29, 0.717) is 6.42 Å². The quantitative estimate of drug-likeness (QED) is 0.226. The average Bonchev–Trinajstić information content (AvgIpc) is 2.67. The first-order valence-electron chi connectivity index (χ1n) is 9.44. The molecular weight excluding hydrogens is 406 g/mol. The summed E-state index contributed by atoms with van der Waals surface area (Å²) in [5, 5.41) is 1.24. The van der Waals surface area contributed by atoms with Gasteiger partial charge in [0, 0.05) is 6.08 Å². The lowest BCUT2D eigenvalue weighted by atomic mass is 9.86. The topological polar surface area (TPSA) is 110 Å². The van der Waals surface area contributed by atoms with Crippen molar-refractivity contribution in [3.05, 3.63) is 67.3 Å². The fourth-order valence-corrected chi connectivity index (χ4v) is 4.74. The molecule has 7 nitrogen and oxygen atoms in total. The summed E-state index contributed by atoms with van der Waals surface area (Å²) < 4.78 is 39.6. The number of carbonyl (C=O) groups excluding carboxylic acids is 2. The third-order valence-electron chi connectivity index (χ3n) is 4.48. The van der Waals surface area contributed by atoms with Crippen LogP contribution in [0, 0.1) is 5.92 Å². The highest BCUT2D eigenvalue weighted by Gasteiger charge is 2.44. The zero-order chi connectivity index (χ0) is 22.8. The molecule has 2 unspecified atom stereocenters. The van der Waals surface area contributed by atoms with E-state index in [1.165, 1.54) is 13.8 Å². The largest absolute Gasteiger partial charge is 0.463 e. The highest BCUT2D eigenvalue weighted by atomic mass is 32.2. The van der Waals surface area contributed by atoms with Gasteiger partial charge in [0.25, 0.3) is 10.1 Å². The second-order valence-corrected chi connectivity index (χ2v) is 8.84. The number of amides is 1. The average molecular weight is 436 g/mol. The number of carbonyl (C=O) groups is 2. The van der Waals surface area contributed by atoms with Crippen LogP contribution in [0.3, 0.4) is 0 Å². The molecule has 1 aromatic carbocycles. The maximum Gasteiger partial charge on any atom is 0.330 e. The van der Waals surface area contributed by atoms with Crippen LogP contribution in [-0.2, 0) is 24.4 Å². The number of allylic oxidation sites excluding steroid dienone is 1. The van der Waals surface area contributed by atoms with E-state index >= 15 is 0 Å². The number of nitrogens with one attached hydrogen (secondary N) is 1. The lowest BCUT2D eigenvalue weighted by Crippen LogP contribution is -2.57. The predicted molar refractivity (Wildman–Crippen MR) is 117 cm³/mol. The Kier molecular flexibility index (Phi) is 9.68. The smallest absolute Gasteiger partial charge is 0.330 e. The Morgan fingerprint density at radius 3 is 2.37 bits per heavy atom. The minimum atomic E-state index is -4.56. The van der Waals surface area contributed by atoms with Gasteiger partial charge in [-0.15, -0.1) is 0 Å². The van der Waals surface area contributed by atoms with E-state index in [-0.39, 0.29) is 13.0 Å². The van der Waals surface area contributed by atoms with Gasteiger partial charge in [0.05, 0.1) is 12.1 Å². The summed E-state index contributed by atoms with van der Waals surface area (Å²) >= 11 is 0. The first-order chi connectivity index (χ1) is 14.0. The second kappa shape index (κ2) is 11.5. The Hall–Kier alpha value is -2.71. The van der Waals surface area contributed by atoms with Crippen LogP contribution in [0.25, 0.3) is 6.08 Å². The van der Waals surface area contributed by atoms with E-state index < -0.39 is 38.7 Å². The molecular formula is C22H29NO6S. The molecule has 2 N–H and O–H groups in total. The van der Waals surface area contributed by atoms with Crippen molar-refractivity contribution < 1.29 is 27.3 Å². The van der Waals surface area contributed by atoms with Crippen LogP contribution in [0.2, 0.25) is 0 Å². The number of ether oxygens (including phenoxy) is 1. The van der Waals surface area contributed by atoms with Crippen LogP contribution in [0.1, 0.15) is 32.3 Å². The molecule has 0 aliphatic carbocycles. The van der Waals surface area contributed by atoms with E-state index in [1.807, 2.05) is 30.3 Å². The van der Waals surface area contributed by atoms with Crippen molar-refractivity contribution in [2.24, 2.45) is 5.92 Å². The zero-order valence-electron chi connectivity index (χ0n) is 17.3. The Morgan fingerprint density at radius 2 is 1.83 bits per heavy atom. The minimum Gasteiger partial charge on any atom is -0.463 e. The van der Waals surface area contributed by atoms with Gasteiger partial charge in [0.15, 0.2) is 0 Å². The Bertz CT molecular complexity index is 874. The van der Waals surface area contributed by atoms with Crippen molar-refractivity contribution in [1.82, 2.24) is 5.32 Å². The normalized spacial score (nSPS) is 14.0. The maximum absolute atomic E-state index is 12.3. The molecule has 1 rings (SSSR count). The molecule has 0 heterocycles. The SMILES string of the molecule is C=CC(=O)NC(C)(C)C(C(C=Cc1ccccc1)CCCOC(=O)C=C)S(=O)(=O)O. The van der Waals surface area contributed by atoms with Crippen molar-refractivity contribution in [3.63, 3.8) is 0 Å². The summed E-state index contributed by atoms with van der Waals surface area (Å²) in [6, 6.07) is 9.26. The van der Waals surface area contributed by atoms with Gasteiger partial charge in [0.1, 0.15) is 5.25 Å². The van der Waals surface area contributed by atoms with Crippen molar-refractivity contribution in [2.75, 3.05) is 6.61 Å². The second-order valence-electron chi connectivity index (χ2n) is 7.30. The molecule has 8 heteroatoms. The zero-order valence-corrected chi connectivity index (χ0v) is 18.1. The summed E-state index contributed by atoms with van der Waals surface area (Å²) in [4.78, 5) is 23.1. The van der Waals surface area contributed by atoms with Crippen LogP contribution in [0.4, 0.5) is 0 Å². The van der Waals surface area contributed by atoms with Crippen LogP contribution >= 0.6 is 0 Å². The van der Waals surface area contributed by atoms with Gasteiger partial charge in [-0.2, -0.15) is 8.42 Å². The lowest BCUT2D eigenvalue weighted by molar-refractivity contribution is -0.137. The Labute approximate surface area is 178 Å². The molecule has 1 amide bonds. The van der Waals surface area contributed by atoms with Crippen molar-refractivity contribution in [1.29, 1.82) is 0 Å². The number of hydrogen-bond donors (Lipinski definition) is 2. The first kappa shape index (κ1) is 25.3. The van der Waals surface area contributed by atoms with E-state index in [1.54, 1.807) is 12.2 Å². The van der Waals surface area contributed by atoms with Gasteiger partial charge < -0.3 is 10.1 Å². The molecule has 164 valence electrons. The summed E-state index contributed by atoms with van der Waals surface area (Å²) in [7, 11) is -4.56. The molecule has 30 heavy (non-hydrogen) atoms. The van der Waals surface area contributed by atoms with E-state index in [2.05, 4.69) is 18.5 Å². The Morgan fingerprint density at radius 1 is 1.20 bits per heavy atom. The monoisotopic (exact) mass is 435 g/mol. The van der Waals surface area contributed by atoms with Gasteiger partial charge in [-0.25, -0.2) is 4.79 Å². The van der Waals surface area contributed by atoms with Gasteiger partial charge in [-0.3, -0.25) is 9.35 Å². The lowest BCUT2D eigenvalue weighted by Gasteiger charge is -2.36. The summed E-state index contributed by atoms with van der Waals surface area (Å²) in [5.41, 5.74) is -0.454. The third kappa shape index (κ3) is 8.34. The molecule has 0 fully saturated rings. The number of benzene rings is 1. The van der Waals surface area contributed by atoms with Gasteiger partial charge >= 0.3 is 5.97 Å². The molecule has 0 aliphatic heterocycles. The third-order valence-corrected chi connectivity index (χ3v) is 6.06. The van der Waals surface area contributed by atoms with Crippen LogP contribution in [0.5, 0.6) is 0 Å². The molecule has 1 aromatic rings. The van der Waals surface area contributed by atoms with Crippen LogP contribution in [0.15, 0.2) is 61.7 Å². The van der Waals surface area contributed by atoms with Gasteiger partial charge in [-0.1, -0.05) is 55.6 Å². The van der Waals surface area contributed by atoms with Gasteiger partial charge in [0.2, 0.25) is 5.91 Å². The minimum absolute atomic E-state index is 0.0676. The molecule has 0 saturated carbocycles. The van der Waals surface area contributed by atoms with Crippen LogP contribution < -0.4 is 5.32 Å². The highest BCUT2D eigenvalue weighted by molar-refractivity contribution is 7.86.